The number of hydrogen-bond acceptors (Lipinski definition) is 2. The first-order valence-corrected chi connectivity index (χ1v) is 6.47. The number of amides is 1. The van der Waals surface area contributed by atoms with E-state index in [1.807, 2.05) is 12.1 Å². The second-order valence-corrected chi connectivity index (χ2v) is 4.97. The van der Waals surface area contributed by atoms with Crippen molar-refractivity contribution in [3.8, 4) is 6.07 Å². The second-order valence-electron chi connectivity index (χ2n) is 4.97. The molecule has 0 radical (unpaired) electrons. The number of nitriles is 1. The Labute approximate surface area is 108 Å². The number of carbonyl (C=O) groups excluding carboxylic acids is 1. The maximum Gasteiger partial charge on any atom is 0.226 e. The van der Waals surface area contributed by atoms with Gasteiger partial charge in [0.05, 0.1) is 11.6 Å². The van der Waals surface area contributed by atoms with Gasteiger partial charge in [-0.05, 0) is 43.0 Å². The minimum Gasteiger partial charge on any atom is -0.315 e. The van der Waals surface area contributed by atoms with Gasteiger partial charge in [0, 0.05) is 19.2 Å². The molecule has 0 aromatic heterocycles. The number of benzene rings is 1. The Balaban J connectivity index is 1.98. The van der Waals surface area contributed by atoms with E-state index in [0.29, 0.717) is 17.9 Å². The van der Waals surface area contributed by atoms with Crippen LogP contribution in [0.4, 0.5) is 5.69 Å². The summed E-state index contributed by atoms with van der Waals surface area (Å²) in [5.41, 5.74) is 1.48. The van der Waals surface area contributed by atoms with E-state index in [1.54, 1.807) is 24.1 Å². The maximum atomic E-state index is 12.1. The monoisotopic (exact) mass is 242 g/mol. The zero-order valence-electron chi connectivity index (χ0n) is 10.7. The van der Waals surface area contributed by atoms with Gasteiger partial charge in [-0.2, -0.15) is 5.26 Å². The van der Waals surface area contributed by atoms with Gasteiger partial charge in [0.1, 0.15) is 0 Å². The summed E-state index contributed by atoms with van der Waals surface area (Å²) in [5.74, 6) is 0.741. The average Bonchev–Trinajstić information content (AvgIpc) is 2.91. The average molecular weight is 242 g/mol. The SMILES string of the molecule is CN(C(=O)CC1CCCC1)c1ccc(C#N)cc1. The Kier molecular flexibility index (Phi) is 3.99. The lowest BCUT2D eigenvalue weighted by Crippen LogP contribution is -2.27. The normalized spacial score (nSPS) is 15.3. The third-order valence-electron chi connectivity index (χ3n) is 3.70. The predicted octanol–water partition coefficient (Wildman–Crippen LogP) is 3.10. The molecule has 0 unspecified atom stereocenters. The van der Waals surface area contributed by atoms with Crippen LogP contribution < -0.4 is 4.90 Å². The van der Waals surface area contributed by atoms with Crippen LogP contribution in [0.15, 0.2) is 24.3 Å². The molecular weight excluding hydrogens is 224 g/mol. The van der Waals surface area contributed by atoms with Gasteiger partial charge in [0.25, 0.3) is 0 Å². The van der Waals surface area contributed by atoms with Crippen LogP contribution in [0, 0.1) is 17.2 Å². The van der Waals surface area contributed by atoms with Gasteiger partial charge >= 0.3 is 0 Å². The minimum atomic E-state index is 0.173. The van der Waals surface area contributed by atoms with E-state index < -0.39 is 0 Å². The molecule has 0 heterocycles. The van der Waals surface area contributed by atoms with Crippen LogP contribution in [-0.4, -0.2) is 13.0 Å². The van der Waals surface area contributed by atoms with E-state index in [-0.39, 0.29) is 5.91 Å². The van der Waals surface area contributed by atoms with Crippen molar-refractivity contribution in [3.63, 3.8) is 0 Å². The van der Waals surface area contributed by atoms with Crippen molar-refractivity contribution in [1.29, 1.82) is 5.26 Å². The molecule has 1 aromatic rings. The summed E-state index contributed by atoms with van der Waals surface area (Å²) in [6.45, 7) is 0. The molecule has 1 aliphatic rings. The van der Waals surface area contributed by atoms with Gasteiger partial charge in [-0.1, -0.05) is 12.8 Å². The molecule has 0 atom stereocenters. The van der Waals surface area contributed by atoms with Crippen LogP contribution in [0.5, 0.6) is 0 Å². The van der Waals surface area contributed by atoms with Crippen molar-refractivity contribution < 1.29 is 4.79 Å². The highest BCUT2D eigenvalue weighted by Crippen LogP contribution is 2.28. The molecule has 1 amide bonds. The largest absolute Gasteiger partial charge is 0.315 e. The molecule has 1 aliphatic carbocycles. The number of carbonyl (C=O) groups is 1. The van der Waals surface area contributed by atoms with E-state index in [9.17, 15) is 4.79 Å². The van der Waals surface area contributed by atoms with Crippen LogP contribution in [0.3, 0.4) is 0 Å². The lowest BCUT2D eigenvalue weighted by molar-refractivity contribution is -0.119. The Bertz CT molecular complexity index is 452. The fraction of sp³-hybridized carbons (Fsp3) is 0.467. The molecule has 94 valence electrons. The third-order valence-corrected chi connectivity index (χ3v) is 3.70. The molecule has 18 heavy (non-hydrogen) atoms. The molecule has 0 N–H and O–H groups in total. The summed E-state index contributed by atoms with van der Waals surface area (Å²) in [4.78, 5) is 13.8. The fourth-order valence-electron chi connectivity index (χ4n) is 2.50. The van der Waals surface area contributed by atoms with Gasteiger partial charge in [-0.3, -0.25) is 4.79 Å². The summed E-state index contributed by atoms with van der Waals surface area (Å²) in [5, 5.41) is 8.74. The van der Waals surface area contributed by atoms with Crippen molar-refractivity contribution in [2.75, 3.05) is 11.9 Å². The molecule has 0 spiro atoms. The number of nitrogens with zero attached hydrogens (tertiary/aromatic N) is 2. The standard InChI is InChI=1S/C15H18N2O/c1-17(14-8-6-13(11-16)7-9-14)15(18)10-12-4-2-3-5-12/h6-9,12H,2-5,10H2,1H3. The summed E-state index contributed by atoms with van der Waals surface area (Å²) < 4.78 is 0. The Morgan fingerprint density at radius 3 is 2.50 bits per heavy atom. The highest BCUT2D eigenvalue weighted by atomic mass is 16.2. The van der Waals surface area contributed by atoms with Crippen molar-refractivity contribution in [2.45, 2.75) is 32.1 Å². The van der Waals surface area contributed by atoms with Crippen LogP contribution in [0.1, 0.15) is 37.7 Å². The Hall–Kier alpha value is -1.82. The highest BCUT2D eigenvalue weighted by molar-refractivity contribution is 5.92. The van der Waals surface area contributed by atoms with E-state index in [0.717, 1.165) is 5.69 Å². The lowest BCUT2D eigenvalue weighted by atomic mass is 10.0. The zero-order valence-corrected chi connectivity index (χ0v) is 10.7. The van der Waals surface area contributed by atoms with Crippen molar-refractivity contribution in [1.82, 2.24) is 0 Å². The number of rotatable bonds is 3. The molecule has 1 fully saturated rings. The van der Waals surface area contributed by atoms with E-state index in [4.69, 9.17) is 5.26 Å². The number of hydrogen-bond donors (Lipinski definition) is 0. The topological polar surface area (TPSA) is 44.1 Å². The van der Waals surface area contributed by atoms with E-state index in [1.165, 1.54) is 25.7 Å². The van der Waals surface area contributed by atoms with Crippen LogP contribution in [0.25, 0.3) is 0 Å². The fourth-order valence-corrected chi connectivity index (χ4v) is 2.50. The maximum absolute atomic E-state index is 12.1. The molecule has 1 aromatic carbocycles. The first-order chi connectivity index (χ1) is 8.70. The quantitative estimate of drug-likeness (QED) is 0.817. The van der Waals surface area contributed by atoms with Crippen molar-refractivity contribution in [3.05, 3.63) is 29.8 Å². The summed E-state index contributed by atoms with van der Waals surface area (Å²) in [7, 11) is 1.80. The molecule has 3 nitrogen and oxygen atoms in total. The Morgan fingerprint density at radius 1 is 1.33 bits per heavy atom. The predicted molar refractivity (Wildman–Crippen MR) is 71.1 cm³/mol. The summed E-state index contributed by atoms with van der Waals surface area (Å²) >= 11 is 0. The van der Waals surface area contributed by atoms with Crippen LogP contribution in [-0.2, 0) is 4.79 Å². The van der Waals surface area contributed by atoms with E-state index >= 15 is 0 Å². The second kappa shape index (κ2) is 5.68. The van der Waals surface area contributed by atoms with E-state index in [2.05, 4.69) is 6.07 Å². The third kappa shape index (κ3) is 2.89. The molecule has 1 saturated carbocycles. The molecular formula is C15H18N2O. The molecule has 0 aliphatic heterocycles. The van der Waals surface area contributed by atoms with Crippen molar-refractivity contribution in [2.24, 2.45) is 5.92 Å². The number of anilines is 1. The van der Waals surface area contributed by atoms with Crippen LogP contribution >= 0.6 is 0 Å². The van der Waals surface area contributed by atoms with Gasteiger partial charge in [-0.25, -0.2) is 0 Å². The van der Waals surface area contributed by atoms with Gasteiger partial charge in [0.2, 0.25) is 5.91 Å². The first kappa shape index (κ1) is 12.6. The first-order valence-electron chi connectivity index (χ1n) is 6.47. The molecule has 0 saturated heterocycles. The highest BCUT2D eigenvalue weighted by Gasteiger charge is 2.20. The van der Waals surface area contributed by atoms with Gasteiger partial charge in [-0.15, -0.1) is 0 Å². The zero-order chi connectivity index (χ0) is 13.0. The Morgan fingerprint density at radius 2 is 1.94 bits per heavy atom. The summed E-state index contributed by atoms with van der Waals surface area (Å²) in [6.07, 6.45) is 5.55. The van der Waals surface area contributed by atoms with Gasteiger partial charge < -0.3 is 4.90 Å². The lowest BCUT2D eigenvalue weighted by Gasteiger charge is -2.19. The summed E-state index contributed by atoms with van der Waals surface area (Å²) in [6, 6.07) is 9.22. The smallest absolute Gasteiger partial charge is 0.226 e. The molecule has 2 rings (SSSR count). The van der Waals surface area contributed by atoms with Gasteiger partial charge in [0.15, 0.2) is 0 Å². The molecule has 3 heteroatoms. The van der Waals surface area contributed by atoms with Crippen LogP contribution in [0.2, 0.25) is 0 Å². The molecule has 0 bridgehead atoms. The van der Waals surface area contributed by atoms with Crippen molar-refractivity contribution >= 4 is 11.6 Å². The minimum absolute atomic E-state index is 0.173.